The number of aromatic hydroxyl groups is 1. The molecule has 0 aliphatic heterocycles. The molecular weight excluding hydrogens is 238 g/mol. The van der Waals surface area contributed by atoms with Gasteiger partial charge in [0, 0.05) is 6.07 Å². The minimum absolute atomic E-state index is 0.172. The van der Waals surface area contributed by atoms with Crippen molar-refractivity contribution in [3.8, 4) is 11.8 Å². The summed E-state index contributed by atoms with van der Waals surface area (Å²) in [6.45, 7) is 0.559. The van der Waals surface area contributed by atoms with E-state index in [1.165, 1.54) is 0 Å². The van der Waals surface area contributed by atoms with Gasteiger partial charge in [0.15, 0.2) is 0 Å². The molecule has 3 aromatic rings. The molecular formula is C15H11N3O. The molecule has 0 radical (unpaired) electrons. The summed E-state index contributed by atoms with van der Waals surface area (Å²) in [6.07, 6.45) is 0. The van der Waals surface area contributed by atoms with E-state index in [0.717, 1.165) is 11.1 Å². The molecule has 0 bridgehead atoms. The Balaban J connectivity index is 2.16. The summed E-state index contributed by atoms with van der Waals surface area (Å²) in [7, 11) is 0. The van der Waals surface area contributed by atoms with Gasteiger partial charge in [0.1, 0.15) is 11.8 Å². The highest BCUT2D eigenvalue weighted by Gasteiger charge is 2.11. The van der Waals surface area contributed by atoms with Gasteiger partial charge in [0.25, 0.3) is 0 Å². The van der Waals surface area contributed by atoms with Gasteiger partial charge in [-0.15, -0.1) is 0 Å². The lowest BCUT2D eigenvalue weighted by Gasteiger charge is -2.05. The molecule has 0 spiro atoms. The summed E-state index contributed by atoms with van der Waals surface area (Å²) in [5.41, 5.74) is 2.56. The van der Waals surface area contributed by atoms with E-state index in [0.29, 0.717) is 17.9 Å². The van der Waals surface area contributed by atoms with Gasteiger partial charge in [0.2, 0.25) is 5.82 Å². The molecule has 2 aromatic carbocycles. The molecule has 92 valence electrons. The predicted octanol–water partition coefficient (Wildman–Crippen LogP) is 2.66. The molecule has 0 aliphatic carbocycles. The molecule has 1 aromatic heterocycles. The highest BCUT2D eigenvalue weighted by molar-refractivity contribution is 5.78. The molecule has 0 saturated heterocycles. The zero-order chi connectivity index (χ0) is 13.2. The molecule has 0 amide bonds. The number of phenolic OH excluding ortho intramolecular Hbond substituents is 1. The lowest BCUT2D eigenvalue weighted by atomic mass is 10.2. The van der Waals surface area contributed by atoms with Gasteiger partial charge in [-0.25, -0.2) is 4.98 Å². The number of rotatable bonds is 2. The van der Waals surface area contributed by atoms with Crippen LogP contribution in [0.5, 0.6) is 5.75 Å². The first-order chi connectivity index (χ1) is 9.28. The number of hydrogen-bond donors (Lipinski definition) is 1. The van der Waals surface area contributed by atoms with Gasteiger partial charge in [-0.1, -0.05) is 30.3 Å². The Morgan fingerprint density at radius 3 is 2.68 bits per heavy atom. The molecule has 19 heavy (non-hydrogen) atoms. The van der Waals surface area contributed by atoms with Crippen LogP contribution < -0.4 is 0 Å². The Bertz CT molecular complexity index is 769. The maximum Gasteiger partial charge on any atom is 0.214 e. The highest BCUT2D eigenvalue weighted by Crippen LogP contribution is 2.22. The summed E-state index contributed by atoms with van der Waals surface area (Å²) in [6, 6.07) is 16.9. The van der Waals surface area contributed by atoms with Gasteiger partial charge in [-0.05, 0) is 17.7 Å². The number of aromatic nitrogens is 2. The third-order valence-corrected chi connectivity index (χ3v) is 3.02. The first-order valence-corrected chi connectivity index (χ1v) is 5.91. The second-order valence-electron chi connectivity index (χ2n) is 4.29. The lowest BCUT2D eigenvalue weighted by Crippen LogP contribution is -2.02. The fraction of sp³-hybridized carbons (Fsp3) is 0.0667. The van der Waals surface area contributed by atoms with Crippen LogP contribution in [-0.4, -0.2) is 14.7 Å². The number of imidazole rings is 1. The Morgan fingerprint density at radius 2 is 1.95 bits per heavy atom. The van der Waals surface area contributed by atoms with Crippen LogP contribution in [0.15, 0.2) is 48.5 Å². The van der Waals surface area contributed by atoms with Crippen molar-refractivity contribution in [1.29, 1.82) is 5.26 Å². The maximum atomic E-state index is 9.58. The quantitative estimate of drug-likeness (QED) is 0.759. The van der Waals surface area contributed by atoms with Crippen molar-refractivity contribution in [2.45, 2.75) is 6.54 Å². The van der Waals surface area contributed by atoms with Gasteiger partial charge in [0.05, 0.1) is 17.6 Å². The highest BCUT2D eigenvalue weighted by atomic mass is 16.3. The largest absolute Gasteiger partial charge is 0.508 e. The van der Waals surface area contributed by atoms with Crippen LogP contribution in [0, 0.1) is 11.3 Å². The smallest absolute Gasteiger partial charge is 0.214 e. The predicted molar refractivity (Wildman–Crippen MR) is 71.7 cm³/mol. The van der Waals surface area contributed by atoms with E-state index >= 15 is 0 Å². The maximum absolute atomic E-state index is 9.58. The van der Waals surface area contributed by atoms with Crippen molar-refractivity contribution in [2.75, 3.05) is 0 Å². The van der Waals surface area contributed by atoms with Gasteiger partial charge < -0.3 is 9.67 Å². The van der Waals surface area contributed by atoms with Crippen molar-refractivity contribution in [3.05, 3.63) is 59.9 Å². The molecule has 0 saturated carbocycles. The van der Waals surface area contributed by atoms with Crippen LogP contribution in [-0.2, 0) is 6.54 Å². The third-order valence-electron chi connectivity index (χ3n) is 3.02. The van der Waals surface area contributed by atoms with E-state index in [4.69, 9.17) is 0 Å². The van der Waals surface area contributed by atoms with Gasteiger partial charge in [-0.3, -0.25) is 0 Å². The van der Waals surface area contributed by atoms with Crippen LogP contribution in [0.25, 0.3) is 11.0 Å². The molecule has 0 aliphatic rings. The van der Waals surface area contributed by atoms with Crippen molar-refractivity contribution in [3.63, 3.8) is 0 Å². The van der Waals surface area contributed by atoms with Crippen molar-refractivity contribution >= 4 is 11.0 Å². The number of benzene rings is 2. The Hall–Kier alpha value is -2.80. The third kappa shape index (κ3) is 2.02. The van der Waals surface area contributed by atoms with Crippen LogP contribution in [0.2, 0.25) is 0 Å². The Labute approximate surface area is 110 Å². The zero-order valence-electron chi connectivity index (χ0n) is 10.1. The molecule has 4 heteroatoms. The molecule has 0 atom stereocenters. The summed E-state index contributed by atoms with van der Waals surface area (Å²) in [5, 5.41) is 18.7. The number of nitrogens with zero attached hydrogens (tertiary/aromatic N) is 3. The first-order valence-electron chi connectivity index (χ1n) is 5.91. The van der Waals surface area contributed by atoms with E-state index in [9.17, 15) is 10.4 Å². The lowest BCUT2D eigenvalue weighted by molar-refractivity contribution is 0.476. The minimum atomic E-state index is 0.172. The molecule has 0 fully saturated rings. The minimum Gasteiger partial charge on any atom is -0.508 e. The Morgan fingerprint density at radius 1 is 1.16 bits per heavy atom. The van der Waals surface area contributed by atoms with E-state index in [1.54, 1.807) is 18.2 Å². The van der Waals surface area contributed by atoms with E-state index in [-0.39, 0.29) is 5.75 Å². The average molecular weight is 249 g/mol. The summed E-state index contributed by atoms with van der Waals surface area (Å²) < 4.78 is 1.81. The van der Waals surface area contributed by atoms with Crippen molar-refractivity contribution < 1.29 is 5.11 Å². The topological polar surface area (TPSA) is 61.8 Å². The van der Waals surface area contributed by atoms with Crippen molar-refractivity contribution in [2.24, 2.45) is 0 Å². The van der Waals surface area contributed by atoms with Gasteiger partial charge in [-0.2, -0.15) is 5.26 Å². The second-order valence-corrected chi connectivity index (χ2v) is 4.29. The van der Waals surface area contributed by atoms with Crippen LogP contribution in [0.4, 0.5) is 0 Å². The molecule has 1 N–H and O–H groups in total. The standard InChI is InChI=1S/C15H11N3O/c16-9-15-17-13-7-6-12(19)8-14(13)18(15)10-11-4-2-1-3-5-11/h1-8,19H,10H2. The van der Waals surface area contributed by atoms with Crippen molar-refractivity contribution in [1.82, 2.24) is 9.55 Å². The molecule has 3 rings (SSSR count). The first kappa shape index (κ1) is 11.3. The number of hydrogen-bond acceptors (Lipinski definition) is 3. The summed E-state index contributed by atoms with van der Waals surface area (Å²) in [5.74, 6) is 0.524. The fourth-order valence-corrected chi connectivity index (χ4v) is 2.12. The zero-order valence-corrected chi connectivity index (χ0v) is 10.1. The second kappa shape index (κ2) is 4.46. The average Bonchev–Trinajstić information content (AvgIpc) is 2.78. The van der Waals surface area contributed by atoms with Crippen LogP contribution in [0.3, 0.4) is 0 Å². The summed E-state index contributed by atoms with van der Waals surface area (Å²) >= 11 is 0. The number of phenols is 1. The summed E-state index contributed by atoms with van der Waals surface area (Å²) in [4.78, 5) is 4.26. The normalized spacial score (nSPS) is 10.5. The van der Waals surface area contributed by atoms with E-state index < -0.39 is 0 Å². The Kier molecular flexibility index (Phi) is 2.66. The molecule has 1 heterocycles. The van der Waals surface area contributed by atoms with Crippen LogP contribution in [0.1, 0.15) is 11.4 Å². The van der Waals surface area contributed by atoms with E-state index in [1.807, 2.05) is 34.9 Å². The number of nitriles is 1. The van der Waals surface area contributed by atoms with Gasteiger partial charge >= 0.3 is 0 Å². The number of fused-ring (bicyclic) bond motifs is 1. The molecule has 4 nitrogen and oxygen atoms in total. The van der Waals surface area contributed by atoms with Crippen LogP contribution >= 0.6 is 0 Å². The SMILES string of the molecule is N#Cc1nc2ccc(O)cc2n1Cc1ccccc1. The monoisotopic (exact) mass is 249 g/mol. The van der Waals surface area contributed by atoms with E-state index in [2.05, 4.69) is 11.1 Å². The fourth-order valence-electron chi connectivity index (χ4n) is 2.12. The molecule has 0 unspecified atom stereocenters.